The van der Waals surface area contributed by atoms with Crippen LogP contribution < -0.4 is 0 Å². The highest BCUT2D eigenvalue weighted by Crippen LogP contribution is 2.27. The maximum Gasteiger partial charge on any atom is 0.175 e. The molecule has 4 nitrogen and oxygen atoms in total. The van der Waals surface area contributed by atoms with E-state index in [9.17, 15) is 13.5 Å². The molecule has 1 N–H and O–H groups in total. The highest BCUT2D eigenvalue weighted by atomic mass is 32.2. The van der Waals surface area contributed by atoms with Crippen LogP contribution >= 0.6 is 0 Å². The number of phenolic OH excluding ortho intramolecular Hbond substituents is 1. The van der Waals surface area contributed by atoms with Gasteiger partial charge in [0.15, 0.2) is 9.84 Å². The third-order valence-electron chi connectivity index (χ3n) is 2.71. The van der Waals surface area contributed by atoms with Crippen molar-refractivity contribution < 1.29 is 13.5 Å². The summed E-state index contributed by atoms with van der Waals surface area (Å²) in [4.78, 5) is 0.217. The molecule has 0 saturated carbocycles. The van der Waals surface area contributed by atoms with Crippen LogP contribution in [0.1, 0.15) is 5.56 Å². The topological polar surface area (TPSA) is 78.2 Å². The quantitative estimate of drug-likeness (QED) is 0.910. The number of hydrogen-bond donors (Lipinski definition) is 1. The predicted octanol–water partition coefficient (Wildman–Crippen LogP) is 2.33. The molecule has 0 radical (unpaired) electrons. The number of aromatic hydroxyl groups is 1. The SMILES string of the molecule is CS(=O)(=O)c1cccc(-c2ccc(C#N)c(O)c2)c1. The first-order valence-corrected chi connectivity index (χ1v) is 7.34. The highest BCUT2D eigenvalue weighted by Gasteiger charge is 2.09. The molecule has 0 heterocycles. The van der Waals surface area contributed by atoms with E-state index in [2.05, 4.69) is 0 Å². The zero-order valence-electron chi connectivity index (χ0n) is 10.2. The van der Waals surface area contributed by atoms with Gasteiger partial charge in [-0.1, -0.05) is 18.2 Å². The Hall–Kier alpha value is -2.32. The van der Waals surface area contributed by atoms with Gasteiger partial charge in [-0.2, -0.15) is 5.26 Å². The third kappa shape index (κ3) is 2.75. The van der Waals surface area contributed by atoms with E-state index in [0.717, 1.165) is 6.26 Å². The summed E-state index contributed by atoms with van der Waals surface area (Å²) in [6, 6.07) is 12.9. The Labute approximate surface area is 111 Å². The molecule has 0 aliphatic rings. The predicted molar refractivity (Wildman–Crippen MR) is 71.4 cm³/mol. The summed E-state index contributed by atoms with van der Waals surface area (Å²) >= 11 is 0. The fraction of sp³-hybridized carbons (Fsp3) is 0.0714. The Balaban J connectivity index is 2.55. The number of nitrogens with zero attached hydrogens (tertiary/aromatic N) is 1. The van der Waals surface area contributed by atoms with Crippen molar-refractivity contribution in [2.45, 2.75) is 4.90 Å². The molecule has 0 unspecified atom stereocenters. The fourth-order valence-corrected chi connectivity index (χ4v) is 2.38. The molecule has 0 bridgehead atoms. The van der Waals surface area contributed by atoms with Crippen molar-refractivity contribution in [3.8, 4) is 22.9 Å². The second-order valence-corrected chi connectivity index (χ2v) is 6.16. The van der Waals surface area contributed by atoms with E-state index in [1.165, 1.54) is 24.3 Å². The molecule has 2 rings (SSSR count). The molecular weight excluding hydrogens is 262 g/mol. The van der Waals surface area contributed by atoms with Gasteiger partial charge in [0.2, 0.25) is 0 Å². The summed E-state index contributed by atoms with van der Waals surface area (Å²) in [5.41, 5.74) is 1.51. The van der Waals surface area contributed by atoms with E-state index in [4.69, 9.17) is 5.26 Å². The molecule has 0 atom stereocenters. The monoisotopic (exact) mass is 273 g/mol. The number of benzene rings is 2. The average molecular weight is 273 g/mol. The van der Waals surface area contributed by atoms with Crippen LogP contribution in [0.15, 0.2) is 47.4 Å². The van der Waals surface area contributed by atoms with Gasteiger partial charge in [0.05, 0.1) is 10.5 Å². The molecule has 5 heteroatoms. The Morgan fingerprint density at radius 2 is 1.79 bits per heavy atom. The van der Waals surface area contributed by atoms with E-state index < -0.39 is 9.84 Å². The molecule has 0 fully saturated rings. The van der Waals surface area contributed by atoms with Gasteiger partial charge in [-0.05, 0) is 35.4 Å². The lowest BCUT2D eigenvalue weighted by Gasteiger charge is -2.05. The van der Waals surface area contributed by atoms with E-state index >= 15 is 0 Å². The van der Waals surface area contributed by atoms with Crippen LogP contribution in [0.4, 0.5) is 0 Å². The average Bonchev–Trinajstić information content (AvgIpc) is 2.38. The minimum absolute atomic E-state index is 0.121. The first-order chi connectivity index (χ1) is 8.91. The minimum Gasteiger partial charge on any atom is -0.507 e. The highest BCUT2D eigenvalue weighted by molar-refractivity contribution is 7.90. The molecule has 0 aromatic heterocycles. The first kappa shape index (κ1) is 13.1. The van der Waals surface area contributed by atoms with Gasteiger partial charge in [-0.25, -0.2) is 8.42 Å². The standard InChI is InChI=1S/C14H11NO3S/c1-19(17,18)13-4-2-3-10(7-13)11-5-6-12(9-15)14(16)8-11/h2-8,16H,1H3. The smallest absolute Gasteiger partial charge is 0.175 e. The number of sulfone groups is 1. The van der Waals surface area contributed by atoms with Gasteiger partial charge in [-0.15, -0.1) is 0 Å². The molecule has 0 spiro atoms. The van der Waals surface area contributed by atoms with E-state index in [-0.39, 0.29) is 16.2 Å². The number of rotatable bonds is 2. The molecule has 0 aliphatic heterocycles. The van der Waals surface area contributed by atoms with Gasteiger partial charge >= 0.3 is 0 Å². The van der Waals surface area contributed by atoms with Crippen molar-refractivity contribution in [2.75, 3.05) is 6.26 Å². The molecule has 0 amide bonds. The molecule has 0 saturated heterocycles. The van der Waals surface area contributed by atoms with E-state index in [0.29, 0.717) is 11.1 Å². The van der Waals surface area contributed by atoms with Gasteiger partial charge < -0.3 is 5.11 Å². The normalized spacial score (nSPS) is 10.9. The van der Waals surface area contributed by atoms with Crippen molar-refractivity contribution >= 4 is 9.84 Å². The Morgan fingerprint density at radius 3 is 2.37 bits per heavy atom. The Bertz CT molecular complexity index is 774. The van der Waals surface area contributed by atoms with Gasteiger partial charge in [-0.3, -0.25) is 0 Å². The first-order valence-electron chi connectivity index (χ1n) is 5.45. The van der Waals surface area contributed by atoms with Crippen LogP contribution in [0.5, 0.6) is 5.75 Å². The lowest BCUT2D eigenvalue weighted by molar-refractivity contribution is 0.474. The van der Waals surface area contributed by atoms with Crippen LogP contribution in [0.25, 0.3) is 11.1 Å². The molecule has 96 valence electrons. The Morgan fingerprint density at radius 1 is 1.11 bits per heavy atom. The largest absolute Gasteiger partial charge is 0.507 e. The van der Waals surface area contributed by atoms with Crippen LogP contribution in [0, 0.1) is 11.3 Å². The van der Waals surface area contributed by atoms with Crippen molar-refractivity contribution in [3.63, 3.8) is 0 Å². The minimum atomic E-state index is -3.27. The van der Waals surface area contributed by atoms with Crippen molar-refractivity contribution in [1.82, 2.24) is 0 Å². The second kappa shape index (κ2) is 4.75. The molecule has 2 aromatic carbocycles. The van der Waals surface area contributed by atoms with Gasteiger partial charge in [0, 0.05) is 6.26 Å². The summed E-state index contributed by atoms with van der Waals surface area (Å²) < 4.78 is 23.0. The summed E-state index contributed by atoms with van der Waals surface area (Å²) in [6.07, 6.45) is 1.14. The van der Waals surface area contributed by atoms with E-state index in [1.807, 2.05) is 6.07 Å². The fourth-order valence-electron chi connectivity index (χ4n) is 1.71. The van der Waals surface area contributed by atoms with Gasteiger partial charge in [0.1, 0.15) is 11.8 Å². The third-order valence-corrected chi connectivity index (χ3v) is 3.82. The number of nitriles is 1. The summed E-state index contributed by atoms with van der Waals surface area (Å²) in [5, 5.41) is 18.4. The molecule has 19 heavy (non-hydrogen) atoms. The zero-order valence-corrected chi connectivity index (χ0v) is 11.0. The Kier molecular flexibility index (Phi) is 3.28. The maximum atomic E-state index is 11.5. The lowest BCUT2D eigenvalue weighted by atomic mass is 10.0. The second-order valence-electron chi connectivity index (χ2n) is 4.14. The summed E-state index contributed by atoms with van der Waals surface area (Å²) in [6.45, 7) is 0. The van der Waals surface area contributed by atoms with Crippen molar-refractivity contribution in [3.05, 3.63) is 48.0 Å². The van der Waals surface area contributed by atoms with Crippen LogP contribution in [-0.4, -0.2) is 19.8 Å². The molecular formula is C14H11NO3S. The number of phenols is 1. The molecule has 2 aromatic rings. The zero-order chi connectivity index (χ0) is 14.0. The van der Waals surface area contributed by atoms with Crippen LogP contribution in [0.2, 0.25) is 0 Å². The molecule has 0 aliphatic carbocycles. The maximum absolute atomic E-state index is 11.5. The van der Waals surface area contributed by atoms with Crippen molar-refractivity contribution in [1.29, 1.82) is 5.26 Å². The van der Waals surface area contributed by atoms with Crippen molar-refractivity contribution in [2.24, 2.45) is 0 Å². The summed E-state index contributed by atoms with van der Waals surface area (Å²) in [7, 11) is -3.27. The number of hydrogen-bond acceptors (Lipinski definition) is 4. The van der Waals surface area contributed by atoms with Crippen LogP contribution in [0.3, 0.4) is 0 Å². The van der Waals surface area contributed by atoms with Gasteiger partial charge in [0.25, 0.3) is 0 Å². The lowest BCUT2D eigenvalue weighted by Crippen LogP contribution is -1.96. The summed E-state index contributed by atoms with van der Waals surface area (Å²) in [5.74, 6) is -0.121. The van der Waals surface area contributed by atoms with Crippen LogP contribution in [-0.2, 0) is 9.84 Å². The van der Waals surface area contributed by atoms with E-state index in [1.54, 1.807) is 18.2 Å².